The molecule has 0 aliphatic heterocycles. The maximum Gasteiger partial charge on any atom is 0.260 e. The zero-order chi connectivity index (χ0) is 24.4. The highest BCUT2D eigenvalue weighted by atomic mass is 35.5. The molecule has 0 fully saturated rings. The number of ether oxygens (including phenoxy) is 1. The van der Waals surface area contributed by atoms with E-state index in [1.54, 1.807) is 12.0 Å². The van der Waals surface area contributed by atoms with Crippen LogP contribution in [0.2, 0.25) is 0 Å². The number of nitrogens with zero attached hydrogens (tertiary/aromatic N) is 4. The molecule has 36 heavy (non-hydrogen) atoms. The lowest BCUT2D eigenvalue weighted by molar-refractivity contribution is 0.0986. The summed E-state index contributed by atoms with van der Waals surface area (Å²) >= 11 is 1.50. The molecule has 8 heteroatoms. The zero-order valence-electron chi connectivity index (χ0n) is 20.3. The van der Waals surface area contributed by atoms with Gasteiger partial charge in [-0.05, 0) is 44.4 Å². The molecule has 0 saturated carbocycles. The van der Waals surface area contributed by atoms with Crippen molar-refractivity contribution in [2.75, 3.05) is 39.2 Å². The summed E-state index contributed by atoms with van der Waals surface area (Å²) in [5, 5.41) is 1.50. The van der Waals surface area contributed by atoms with Crippen LogP contribution in [0.1, 0.15) is 10.4 Å². The van der Waals surface area contributed by atoms with E-state index in [4.69, 9.17) is 14.7 Å². The fourth-order valence-corrected chi connectivity index (χ4v) is 4.99. The standard InChI is InChI=1S/C28H26N4O2S.ClH/c1-31(2)15-16-32(28-30-24-14-13-20(34-3)17-26(24)35-28)27(33)22-18-25(19-9-5-4-6-10-19)29-23-12-8-7-11-21(22)23;/h4-14,17-18H,15-16H2,1-3H3;1H. The van der Waals surface area contributed by atoms with E-state index in [1.165, 1.54) is 11.3 Å². The van der Waals surface area contributed by atoms with Gasteiger partial charge in [0.25, 0.3) is 5.91 Å². The van der Waals surface area contributed by atoms with Crippen molar-refractivity contribution in [3.05, 3.63) is 84.4 Å². The molecule has 2 heterocycles. The van der Waals surface area contributed by atoms with E-state index < -0.39 is 0 Å². The Kier molecular flexibility index (Phi) is 7.84. The Hall–Kier alpha value is -3.52. The molecule has 6 nitrogen and oxygen atoms in total. The molecule has 0 atom stereocenters. The highest BCUT2D eigenvalue weighted by Gasteiger charge is 2.24. The van der Waals surface area contributed by atoms with E-state index in [-0.39, 0.29) is 18.3 Å². The van der Waals surface area contributed by atoms with E-state index >= 15 is 0 Å². The van der Waals surface area contributed by atoms with Crippen LogP contribution in [-0.2, 0) is 0 Å². The minimum atomic E-state index is -0.0892. The number of para-hydroxylation sites is 1. The number of carbonyl (C=O) groups is 1. The number of benzene rings is 3. The number of fused-ring (bicyclic) bond motifs is 2. The molecule has 0 bridgehead atoms. The molecule has 5 rings (SSSR count). The quantitative estimate of drug-likeness (QED) is 0.258. The molecule has 0 spiro atoms. The molecule has 184 valence electrons. The number of halogens is 1. The van der Waals surface area contributed by atoms with Crippen LogP contribution in [0.4, 0.5) is 5.13 Å². The summed E-state index contributed by atoms with van der Waals surface area (Å²) in [4.78, 5) is 27.7. The van der Waals surface area contributed by atoms with Crippen molar-refractivity contribution in [1.29, 1.82) is 0 Å². The number of pyridine rings is 1. The number of thiazole rings is 1. The lowest BCUT2D eigenvalue weighted by atomic mass is 10.0. The topological polar surface area (TPSA) is 58.6 Å². The van der Waals surface area contributed by atoms with Gasteiger partial charge in [-0.1, -0.05) is 59.9 Å². The van der Waals surface area contributed by atoms with E-state index in [1.807, 2.05) is 93.0 Å². The number of rotatable bonds is 7. The fourth-order valence-electron chi connectivity index (χ4n) is 3.97. The number of carbonyl (C=O) groups excluding carboxylic acids is 1. The summed E-state index contributed by atoms with van der Waals surface area (Å²) in [6.07, 6.45) is 0. The lowest BCUT2D eigenvalue weighted by Crippen LogP contribution is -2.37. The monoisotopic (exact) mass is 518 g/mol. The molecule has 0 aliphatic carbocycles. The van der Waals surface area contributed by atoms with Crippen LogP contribution in [0.15, 0.2) is 78.9 Å². The molecule has 0 saturated heterocycles. The molecule has 0 aliphatic rings. The molecular weight excluding hydrogens is 492 g/mol. The van der Waals surface area contributed by atoms with E-state index in [0.717, 1.165) is 38.1 Å². The van der Waals surface area contributed by atoms with Crippen LogP contribution in [0.25, 0.3) is 32.4 Å². The van der Waals surface area contributed by atoms with Crippen molar-refractivity contribution >= 4 is 55.9 Å². The van der Waals surface area contributed by atoms with E-state index in [9.17, 15) is 4.79 Å². The van der Waals surface area contributed by atoms with Crippen molar-refractivity contribution in [3.63, 3.8) is 0 Å². The Balaban J connectivity index is 0.00000304. The molecule has 0 N–H and O–H groups in total. The summed E-state index contributed by atoms with van der Waals surface area (Å²) in [5.74, 6) is 0.681. The van der Waals surface area contributed by atoms with E-state index in [2.05, 4.69) is 4.90 Å². The zero-order valence-corrected chi connectivity index (χ0v) is 22.0. The predicted octanol–water partition coefficient (Wildman–Crippen LogP) is 6.15. The Bertz CT molecular complexity index is 1500. The minimum Gasteiger partial charge on any atom is -0.497 e. The molecule has 1 amide bonds. The number of methoxy groups -OCH3 is 1. The third-order valence-corrected chi connectivity index (χ3v) is 6.89. The van der Waals surface area contributed by atoms with Crippen LogP contribution in [-0.4, -0.2) is 55.1 Å². The SMILES string of the molecule is COc1ccc2nc(N(CCN(C)C)C(=O)c3cc(-c4ccccc4)nc4ccccc34)sc2c1.Cl. The first-order chi connectivity index (χ1) is 17.0. The minimum absolute atomic E-state index is 0. The highest BCUT2D eigenvalue weighted by molar-refractivity contribution is 7.22. The number of likely N-dealkylation sites (N-methyl/N-ethyl adjacent to an activating group) is 1. The van der Waals surface area contributed by atoms with Gasteiger partial charge in [0.1, 0.15) is 5.75 Å². The maximum absolute atomic E-state index is 14.2. The first kappa shape index (κ1) is 25.6. The Morgan fingerprint density at radius 1 is 0.889 bits per heavy atom. The predicted molar refractivity (Wildman–Crippen MR) is 151 cm³/mol. The van der Waals surface area contributed by atoms with Crippen LogP contribution in [0.5, 0.6) is 5.75 Å². The number of amides is 1. The summed E-state index contributed by atoms with van der Waals surface area (Å²) in [6.45, 7) is 1.22. The number of hydrogen-bond donors (Lipinski definition) is 0. The molecule has 3 aromatic carbocycles. The second-order valence-corrected chi connectivity index (χ2v) is 9.54. The molecule has 5 aromatic rings. The Morgan fingerprint density at radius 3 is 2.39 bits per heavy atom. The molecule has 0 radical (unpaired) electrons. The smallest absolute Gasteiger partial charge is 0.260 e. The second-order valence-electron chi connectivity index (χ2n) is 8.53. The van der Waals surface area contributed by atoms with Crippen LogP contribution >= 0.6 is 23.7 Å². The Labute approximate surface area is 220 Å². The largest absolute Gasteiger partial charge is 0.497 e. The molecule has 2 aromatic heterocycles. The second kappa shape index (κ2) is 11.0. The van der Waals surface area contributed by atoms with Gasteiger partial charge in [0.05, 0.1) is 34.1 Å². The van der Waals surface area contributed by atoms with Gasteiger partial charge >= 0.3 is 0 Å². The van der Waals surface area contributed by atoms with Crippen molar-refractivity contribution in [3.8, 4) is 17.0 Å². The highest BCUT2D eigenvalue weighted by Crippen LogP contribution is 2.33. The van der Waals surface area contributed by atoms with Gasteiger partial charge in [-0.3, -0.25) is 9.69 Å². The molecule has 0 unspecified atom stereocenters. The first-order valence-electron chi connectivity index (χ1n) is 11.4. The van der Waals surface area contributed by atoms with Crippen molar-refractivity contribution < 1.29 is 9.53 Å². The van der Waals surface area contributed by atoms with Gasteiger partial charge in [0.15, 0.2) is 5.13 Å². The summed E-state index contributed by atoms with van der Waals surface area (Å²) in [6, 6.07) is 25.4. The summed E-state index contributed by atoms with van der Waals surface area (Å²) < 4.78 is 6.35. The van der Waals surface area contributed by atoms with Gasteiger partial charge in [-0.25, -0.2) is 9.97 Å². The van der Waals surface area contributed by atoms with Gasteiger partial charge in [-0.15, -0.1) is 12.4 Å². The average Bonchev–Trinajstić information content (AvgIpc) is 3.31. The lowest BCUT2D eigenvalue weighted by Gasteiger charge is -2.23. The van der Waals surface area contributed by atoms with Crippen LogP contribution < -0.4 is 9.64 Å². The first-order valence-corrected chi connectivity index (χ1v) is 12.2. The number of aromatic nitrogens is 2. The average molecular weight is 519 g/mol. The molecular formula is C28H27ClN4O2S. The normalized spacial score (nSPS) is 11.0. The van der Waals surface area contributed by atoms with E-state index in [0.29, 0.717) is 23.8 Å². The van der Waals surface area contributed by atoms with Gasteiger partial charge in [-0.2, -0.15) is 0 Å². The number of hydrogen-bond acceptors (Lipinski definition) is 6. The summed E-state index contributed by atoms with van der Waals surface area (Å²) in [7, 11) is 5.65. The maximum atomic E-state index is 14.2. The van der Waals surface area contributed by atoms with Crippen molar-refractivity contribution in [2.45, 2.75) is 0 Å². The van der Waals surface area contributed by atoms with Gasteiger partial charge < -0.3 is 9.64 Å². The Morgan fingerprint density at radius 2 is 1.64 bits per heavy atom. The van der Waals surface area contributed by atoms with Gasteiger partial charge in [0.2, 0.25) is 0 Å². The van der Waals surface area contributed by atoms with Gasteiger partial charge in [0, 0.05) is 24.0 Å². The van der Waals surface area contributed by atoms with Crippen LogP contribution in [0, 0.1) is 0 Å². The van der Waals surface area contributed by atoms with Crippen LogP contribution in [0.3, 0.4) is 0 Å². The fraction of sp³-hybridized carbons (Fsp3) is 0.179. The van der Waals surface area contributed by atoms with Crippen molar-refractivity contribution in [1.82, 2.24) is 14.9 Å². The van der Waals surface area contributed by atoms with Crippen molar-refractivity contribution in [2.24, 2.45) is 0 Å². The third kappa shape index (κ3) is 5.18. The third-order valence-electron chi connectivity index (χ3n) is 5.85. The summed E-state index contributed by atoms with van der Waals surface area (Å²) in [5.41, 5.74) is 4.00. The number of anilines is 1.